The zero-order valence-corrected chi connectivity index (χ0v) is 12.6. The quantitative estimate of drug-likeness (QED) is 0.636. The number of benzene rings is 1. The molecule has 0 saturated carbocycles. The lowest BCUT2D eigenvalue weighted by Crippen LogP contribution is -2.35. The maximum absolute atomic E-state index is 12.5. The molecule has 0 heterocycles. The fourth-order valence-electron chi connectivity index (χ4n) is 2.02. The predicted molar refractivity (Wildman–Crippen MR) is 77.5 cm³/mol. The summed E-state index contributed by atoms with van der Waals surface area (Å²) in [4.78, 5) is 32.2. The van der Waals surface area contributed by atoms with E-state index in [1.165, 1.54) is 6.92 Å². The summed E-state index contributed by atoms with van der Waals surface area (Å²) in [5.41, 5.74) is 0.578. The summed E-state index contributed by atoms with van der Waals surface area (Å²) in [6.07, 6.45) is -0.593. The van der Waals surface area contributed by atoms with Crippen LogP contribution in [0.25, 0.3) is 0 Å². The highest BCUT2D eigenvalue weighted by Crippen LogP contribution is 2.59. The topological polar surface area (TPSA) is 112 Å². The molecule has 0 fully saturated rings. The lowest BCUT2D eigenvalue weighted by atomic mass is 10.0. The van der Waals surface area contributed by atoms with Crippen LogP contribution in [0, 0.1) is 0 Å². The van der Waals surface area contributed by atoms with Crippen LogP contribution in [0.3, 0.4) is 0 Å². The maximum atomic E-state index is 12.5. The van der Waals surface area contributed by atoms with Gasteiger partial charge in [0.1, 0.15) is 5.16 Å². The molecule has 0 aromatic heterocycles. The molecule has 0 amide bonds. The first kappa shape index (κ1) is 17.4. The smallest absolute Gasteiger partial charge is 0.319 e. The molecule has 3 N–H and O–H groups in total. The molecule has 1 rings (SSSR count). The molecule has 21 heavy (non-hydrogen) atoms. The number of carboxylic acid groups (broad SMARTS) is 2. The highest BCUT2D eigenvalue weighted by atomic mass is 31.2. The van der Waals surface area contributed by atoms with Crippen molar-refractivity contribution in [1.29, 1.82) is 0 Å². The standard InChI is InChI=1S/C14H19O6P/c1-14(13(17)18,9-5-8-12(15)16)21(19,20)10-11-6-3-2-4-7-11/h2-4,6-7H,5,8-10H2,1H3,(H,15,16)(H,17,18)(H,19,20). The van der Waals surface area contributed by atoms with Crippen LogP contribution in [0.5, 0.6) is 0 Å². The first-order valence-electron chi connectivity index (χ1n) is 6.50. The second-order valence-corrected chi connectivity index (χ2v) is 7.88. The van der Waals surface area contributed by atoms with Gasteiger partial charge >= 0.3 is 11.9 Å². The van der Waals surface area contributed by atoms with Gasteiger partial charge in [-0.1, -0.05) is 30.3 Å². The molecule has 0 aliphatic rings. The van der Waals surface area contributed by atoms with Gasteiger partial charge in [-0.25, -0.2) is 0 Å². The Bertz CT molecular complexity index is 556. The Morgan fingerprint density at radius 2 is 1.76 bits per heavy atom. The molecule has 116 valence electrons. The van der Waals surface area contributed by atoms with Crippen LogP contribution < -0.4 is 0 Å². The zero-order valence-electron chi connectivity index (χ0n) is 11.7. The van der Waals surface area contributed by atoms with E-state index < -0.39 is 24.5 Å². The van der Waals surface area contributed by atoms with Gasteiger partial charge in [0.2, 0.25) is 7.37 Å². The Hall–Kier alpha value is -1.65. The summed E-state index contributed by atoms with van der Waals surface area (Å²) in [5, 5.41) is 16.1. The summed E-state index contributed by atoms with van der Waals surface area (Å²) >= 11 is 0. The van der Waals surface area contributed by atoms with Crippen LogP contribution in [0.2, 0.25) is 0 Å². The van der Waals surface area contributed by atoms with Crippen LogP contribution in [-0.2, 0) is 20.3 Å². The average Bonchev–Trinajstić information content (AvgIpc) is 2.38. The van der Waals surface area contributed by atoms with Gasteiger partial charge in [-0.3, -0.25) is 14.2 Å². The number of hydrogen-bond donors (Lipinski definition) is 3. The van der Waals surface area contributed by atoms with Crippen molar-refractivity contribution in [1.82, 2.24) is 0 Å². The minimum atomic E-state index is -4.04. The van der Waals surface area contributed by atoms with Crippen molar-refractivity contribution in [3.05, 3.63) is 35.9 Å². The van der Waals surface area contributed by atoms with Gasteiger partial charge in [-0.15, -0.1) is 0 Å². The van der Waals surface area contributed by atoms with Gasteiger partial charge in [-0.05, 0) is 25.3 Å². The van der Waals surface area contributed by atoms with E-state index >= 15 is 0 Å². The average molecular weight is 314 g/mol. The van der Waals surface area contributed by atoms with Gasteiger partial charge in [0.05, 0.1) is 6.16 Å². The second kappa shape index (κ2) is 6.87. The monoisotopic (exact) mass is 314 g/mol. The van der Waals surface area contributed by atoms with Gasteiger partial charge in [0.25, 0.3) is 0 Å². The summed E-state index contributed by atoms with van der Waals surface area (Å²) in [6.45, 7) is 1.21. The number of carbonyl (C=O) groups is 2. The second-order valence-electron chi connectivity index (χ2n) is 5.17. The van der Waals surface area contributed by atoms with E-state index in [4.69, 9.17) is 5.11 Å². The van der Waals surface area contributed by atoms with Crippen molar-refractivity contribution in [2.24, 2.45) is 0 Å². The van der Waals surface area contributed by atoms with E-state index in [-0.39, 0.29) is 25.4 Å². The lowest BCUT2D eigenvalue weighted by Gasteiger charge is -2.30. The Morgan fingerprint density at radius 1 is 1.19 bits per heavy atom. The molecule has 2 atom stereocenters. The minimum Gasteiger partial charge on any atom is -0.481 e. The Balaban J connectivity index is 2.94. The fourth-order valence-corrected chi connectivity index (χ4v) is 3.88. The minimum absolute atomic E-state index is 0.0392. The van der Waals surface area contributed by atoms with Gasteiger partial charge in [0, 0.05) is 6.42 Å². The highest BCUT2D eigenvalue weighted by molar-refractivity contribution is 7.60. The van der Waals surface area contributed by atoms with Crippen molar-refractivity contribution in [3.8, 4) is 0 Å². The SMILES string of the molecule is CC(CCCC(=O)O)(C(=O)O)P(=O)(O)Cc1ccccc1. The number of hydrogen-bond acceptors (Lipinski definition) is 3. The molecule has 0 saturated heterocycles. The van der Waals surface area contributed by atoms with Crippen molar-refractivity contribution in [2.45, 2.75) is 37.5 Å². The van der Waals surface area contributed by atoms with Crippen molar-refractivity contribution in [2.75, 3.05) is 0 Å². The number of carboxylic acids is 2. The molecule has 0 radical (unpaired) electrons. The van der Waals surface area contributed by atoms with Gasteiger partial charge < -0.3 is 15.1 Å². The largest absolute Gasteiger partial charge is 0.481 e. The molecule has 6 nitrogen and oxygen atoms in total. The van der Waals surface area contributed by atoms with Crippen molar-refractivity contribution >= 4 is 19.3 Å². The molecule has 1 aromatic carbocycles. The first-order chi connectivity index (χ1) is 9.69. The van der Waals surface area contributed by atoms with Gasteiger partial charge in [0.15, 0.2) is 0 Å². The van der Waals surface area contributed by atoms with Gasteiger partial charge in [-0.2, -0.15) is 0 Å². The first-order valence-corrected chi connectivity index (χ1v) is 8.34. The third-order valence-corrected chi connectivity index (χ3v) is 6.28. The molecule has 1 aromatic rings. The van der Waals surface area contributed by atoms with Crippen LogP contribution in [-0.4, -0.2) is 32.2 Å². The third-order valence-electron chi connectivity index (χ3n) is 3.53. The fraction of sp³-hybridized carbons (Fsp3) is 0.429. The van der Waals surface area contributed by atoms with E-state index in [0.29, 0.717) is 5.56 Å². The molecule has 7 heteroatoms. The van der Waals surface area contributed by atoms with Crippen LogP contribution in [0.4, 0.5) is 0 Å². The molecule has 0 spiro atoms. The van der Waals surface area contributed by atoms with Crippen LogP contribution in [0.15, 0.2) is 30.3 Å². The molecular weight excluding hydrogens is 295 g/mol. The molecule has 0 aliphatic heterocycles. The normalized spacial score (nSPS) is 16.7. The number of aliphatic carboxylic acids is 2. The van der Waals surface area contributed by atoms with Crippen LogP contribution in [0.1, 0.15) is 31.7 Å². The highest BCUT2D eigenvalue weighted by Gasteiger charge is 2.49. The van der Waals surface area contributed by atoms with E-state index in [1.807, 2.05) is 0 Å². The summed E-state index contributed by atoms with van der Waals surface area (Å²) < 4.78 is 12.5. The van der Waals surface area contributed by atoms with E-state index in [9.17, 15) is 24.2 Å². The van der Waals surface area contributed by atoms with Crippen molar-refractivity contribution in [3.63, 3.8) is 0 Å². The Labute approximate surface area is 122 Å². The Morgan fingerprint density at radius 3 is 2.24 bits per heavy atom. The predicted octanol–water partition coefficient (Wildman–Crippen LogP) is 2.56. The molecule has 0 aliphatic carbocycles. The summed E-state index contributed by atoms with van der Waals surface area (Å²) in [5.74, 6) is -2.44. The van der Waals surface area contributed by atoms with E-state index in [2.05, 4.69) is 0 Å². The summed E-state index contributed by atoms with van der Waals surface area (Å²) in [6, 6.07) is 8.48. The Kier molecular flexibility index (Phi) is 5.70. The van der Waals surface area contributed by atoms with E-state index in [0.717, 1.165) is 0 Å². The van der Waals surface area contributed by atoms with E-state index in [1.54, 1.807) is 30.3 Å². The zero-order chi connectivity index (χ0) is 16.1. The van der Waals surface area contributed by atoms with Crippen LogP contribution >= 0.6 is 7.37 Å². The summed E-state index contributed by atoms with van der Waals surface area (Å²) in [7, 11) is -4.04. The molecular formula is C14H19O6P. The number of rotatable bonds is 8. The lowest BCUT2D eigenvalue weighted by molar-refractivity contribution is -0.141. The molecule has 2 unspecified atom stereocenters. The maximum Gasteiger partial charge on any atom is 0.319 e. The molecule has 0 bridgehead atoms. The van der Waals surface area contributed by atoms with Crippen molar-refractivity contribution < 1.29 is 29.3 Å². The third kappa shape index (κ3) is 4.41.